The predicted molar refractivity (Wildman–Crippen MR) is 222 cm³/mol. The van der Waals surface area contributed by atoms with Crippen LogP contribution in [0.15, 0.2) is 204 Å². The van der Waals surface area contributed by atoms with E-state index in [0.29, 0.717) is 0 Å². The molecule has 2 heterocycles. The average Bonchev–Trinajstić information content (AvgIpc) is 3.71. The maximum atomic E-state index is 15.2. The predicted octanol–water partition coefficient (Wildman–Crippen LogP) is 11.3. The summed E-state index contributed by atoms with van der Waals surface area (Å²) in [6, 6.07) is 68.8. The molecule has 4 heteroatoms. The van der Waals surface area contributed by atoms with Gasteiger partial charge >= 0.3 is 0 Å². The number of para-hydroxylation sites is 1. The molecule has 0 fully saturated rings. The zero-order valence-electron chi connectivity index (χ0n) is 28.7. The van der Waals surface area contributed by atoms with E-state index in [0.717, 1.165) is 32.6 Å². The molecule has 0 saturated heterocycles. The van der Waals surface area contributed by atoms with E-state index < -0.39 is 12.6 Å². The van der Waals surface area contributed by atoms with Crippen LogP contribution in [0.1, 0.15) is 22.3 Å². The van der Waals surface area contributed by atoms with E-state index in [1.807, 2.05) is 72.4 Å². The topological polar surface area (TPSA) is 22.0 Å². The molecule has 11 rings (SSSR count). The minimum Gasteiger partial charge on any atom is -0.309 e. The van der Waals surface area contributed by atoms with Gasteiger partial charge in [-0.15, -0.1) is 0 Å². The Morgan fingerprint density at radius 3 is 1.60 bits per heavy atom. The standard InChI is InChI=1S/C49H32NOPS/c51-52(34-15-3-1-4-16-34,35-17-5-2-6-18-35)36-29-27-33(28-30-36)50-45-25-13-9-21-39(45)40-31-44-48(32-46(40)50)53-47-26-14-12-24-43(47)49(44)41-22-10-7-19-37(41)38-20-8-11-23-42(38)49/h1-32H. The summed E-state index contributed by atoms with van der Waals surface area (Å²) >= 11 is 1.87. The number of hydrogen-bond acceptors (Lipinski definition) is 2. The molecule has 0 atom stereocenters. The summed E-state index contributed by atoms with van der Waals surface area (Å²) in [5, 5.41) is 4.94. The number of hydrogen-bond donors (Lipinski definition) is 0. The van der Waals surface area contributed by atoms with Crippen molar-refractivity contribution in [2.24, 2.45) is 0 Å². The second kappa shape index (κ2) is 11.6. The van der Waals surface area contributed by atoms with E-state index in [9.17, 15) is 0 Å². The molecule has 2 aliphatic rings. The zero-order chi connectivity index (χ0) is 35.1. The van der Waals surface area contributed by atoms with Crippen LogP contribution < -0.4 is 15.9 Å². The van der Waals surface area contributed by atoms with Gasteiger partial charge < -0.3 is 9.13 Å². The van der Waals surface area contributed by atoms with E-state index in [-0.39, 0.29) is 0 Å². The molecular formula is C49H32NOPS. The summed E-state index contributed by atoms with van der Waals surface area (Å²) in [5.74, 6) is 0. The highest BCUT2D eigenvalue weighted by Gasteiger charge is 2.50. The third-order valence-corrected chi connectivity index (χ3v) is 15.6. The Labute approximate surface area is 312 Å². The minimum absolute atomic E-state index is 0.431. The molecule has 1 aliphatic heterocycles. The maximum absolute atomic E-state index is 15.2. The number of nitrogens with zero attached hydrogens (tertiary/aromatic N) is 1. The van der Waals surface area contributed by atoms with E-state index in [2.05, 4.69) is 138 Å². The van der Waals surface area contributed by atoms with Gasteiger partial charge in [-0.1, -0.05) is 157 Å². The summed E-state index contributed by atoms with van der Waals surface area (Å²) in [6.07, 6.45) is 0. The van der Waals surface area contributed by atoms with Crippen molar-refractivity contribution in [3.05, 3.63) is 216 Å². The average molecular weight is 714 g/mol. The van der Waals surface area contributed by atoms with Crippen LogP contribution in [0.3, 0.4) is 0 Å². The molecule has 0 saturated carbocycles. The van der Waals surface area contributed by atoms with Crippen molar-refractivity contribution >= 4 is 56.6 Å². The Hall–Kier alpha value is -5.86. The Kier molecular flexibility index (Phi) is 6.71. The summed E-state index contributed by atoms with van der Waals surface area (Å²) in [7, 11) is -3.10. The normalized spacial score (nSPS) is 13.8. The van der Waals surface area contributed by atoms with E-state index in [1.165, 1.54) is 53.9 Å². The third kappa shape index (κ3) is 4.21. The molecule has 0 amide bonds. The minimum atomic E-state index is -3.10. The van der Waals surface area contributed by atoms with Gasteiger partial charge in [0.25, 0.3) is 0 Å². The van der Waals surface area contributed by atoms with Gasteiger partial charge in [-0.2, -0.15) is 0 Å². The van der Waals surface area contributed by atoms with Crippen LogP contribution in [0.5, 0.6) is 0 Å². The lowest BCUT2D eigenvalue weighted by atomic mass is 9.67. The lowest BCUT2D eigenvalue weighted by Gasteiger charge is -2.39. The molecule has 9 aromatic rings. The molecule has 0 radical (unpaired) electrons. The van der Waals surface area contributed by atoms with Gasteiger partial charge in [0.15, 0.2) is 7.14 Å². The molecule has 8 aromatic carbocycles. The molecule has 2 nitrogen and oxygen atoms in total. The fourth-order valence-electron chi connectivity index (χ4n) is 9.13. The van der Waals surface area contributed by atoms with Crippen LogP contribution in [0.25, 0.3) is 38.6 Å². The fourth-order valence-corrected chi connectivity index (χ4v) is 13.0. The lowest BCUT2D eigenvalue weighted by Crippen LogP contribution is -2.31. The third-order valence-electron chi connectivity index (χ3n) is 11.4. The quantitative estimate of drug-likeness (QED) is 0.169. The van der Waals surface area contributed by atoms with E-state index >= 15 is 4.57 Å². The van der Waals surface area contributed by atoms with Crippen molar-refractivity contribution in [3.8, 4) is 16.8 Å². The van der Waals surface area contributed by atoms with Crippen LogP contribution >= 0.6 is 18.9 Å². The van der Waals surface area contributed by atoms with Crippen LogP contribution in [-0.2, 0) is 9.98 Å². The largest absolute Gasteiger partial charge is 0.309 e. The smallest absolute Gasteiger partial charge is 0.171 e. The van der Waals surface area contributed by atoms with Crippen LogP contribution in [0.2, 0.25) is 0 Å². The molecule has 1 spiro atoms. The monoisotopic (exact) mass is 713 g/mol. The summed E-state index contributed by atoms with van der Waals surface area (Å²) in [4.78, 5) is 2.55. The Morgan fingerprint density at radius 1 is 0.415 bits per heavy atom. The summed E-state index contributed by atoms with van der Waals surface area (Å²) < 4.78 is 17.6. The maximum Gasteiger partial charge on any atom is 0.171 e. The van der Waals surface area contributed by atoms with Crippen molar-refractivity contribution in [2.45, 2.75) is 15.2 Å². The SMILES string of the molecule is O=P(c1ccccc1)(c1ccccc1)c1ccc(-n2c3ccccc3c3cc4c(cc32)Sc2ccccc2C42c3ccccc3-c3ccccc32)cc1. The summed E-state index contributed by atoms with van der Waals surface area (Å²) in [5.41, 5.74) is 10.9. The van der Waals surface area contributed by atoms with Gasteiger partial charge in [0.2, 0.25) is 0 Å². The Morgan fingerprint density at radius 2 is 0.943 bits per heavy atom. The molecule has 0 N–H and O–H groups in total. The first kappa shape index (κ1) is 30.7. The number of fused-ring (bicyclic) bond motifs is 12. The van der Waals surface area contributed by atoms with E-state index in [1.54, 1.807) is 0 Å². The zero-order valence-corrected chi connectivity index (χ0v) is 30.4. The van der Waals surface area contributed by atoms with Gasteiger partial charge in [0.05, 0.1) is 16.4 Å². The van der Waals surface area contributed by atoms with Gasteiger partial charge in [0, 0.05) is 42.2 Å². The van der Waals surface area contributed by atoms with Crippen molar-refractivity contribution in [3.63, 3.8) is 0 Å². The first-order chi connectivity index (χ1) is 26.2. The van der Waals surface area contributed by atoms with Crippen LogP contribution in [0, 0.1) is 0 Å². The van der Waals surface area contributed by atoms with Crippen LogP contribution in [-0.4, -0.2) is 4.57 Å². The van der Waals surface area contributed by atoms with Gasteiger partial charge in [0.1, 0.15) is 0 Å². The van der Waals surface area contributed by atoms with Crippen LogP contribution in [0.4, 0.5) is 0 Å². The highest BCUT2D eigenvalue weighted by atomic mass is 32.2. The summed E-state index contributed by atoms with van der Waals surface area (Å²) in [6.45, 7) is 0. The molecular weight excluding hydrogens is 682 g/mol. The molecule has 53 heavy (non-hydrogen) atoms. The van der Waals surface area contributed by atoms with E-state index in [4.69, 9.17) is 0 Å². The first-order valence-electron chi connectivity index (χ1n) is 18.0. The lowest BCUT2D eigenvalue weighted by molar-refractivity contribution is 0.592. The molecule has 0 unspecified atom stereocenters. The van der Waals surface area contributed by atoms with Crippen molar-refractivity contribution in [1.29, 1.82) is 0 Å². The highest BCUT2D eigenvalue weighted by Crippen LogP contribution is 2.62. The number of aromatic nitrogens is 1. The van der Waals surface area contributed by atoms with Crippen molar-refractivity contribution in [2.75, 3.05) is 0 Å². The van der Waals surface area contributed by atoms with Gasteiger partial charge in [-0.25, -0.2) is 0 Å². The van der Waals surface area contributed by atoms with Crippen molar-refractivity contribution < 1.29 is 4.57 Å². The van der Waals surface area contributed by atoms with Gasteiger partial charge in [-0.05, 0) is 81.9 Å². The Balaban J connectivity index is 1.15. The number of rotatable bonds is 4. The Bertz CT molecular complexity index is 2860. The highest BCUT2D eigenvalue weighted by molar-refractivity contribution is 7.99. The number of benzene rings is 8. The fraction of sp³-hybridized carbons (Fsp3) is 0.0204. The molecule has 250 valence electrons. The second-order valence-corrected chi connectivity index (χ2v) is 17.8. The van der Waals surface area contributed by atoms with Crippen molar-refractivity contribution in [1.82, 2.24) is 4.57 Å². The van der Waals surface area contributed by atoms with Gasteiger partial charge in [-0.3, -0.25) is 0 Å². The first-order valence-corrected chi connectivity index (χ1v) is 20.6. The second-order valence-electron chi connectivity index (χ2n) is 14.0. The molecule has 1 aromatic heterocycles. The molecule has 0 bridgehead atoms. The molecule has 1 aliphatic carbocycles.